The van der Waals surface area contributed by atoms with Crippen LogP contribution in [0.25, 0.3) is 0 Å². The fourth-order valence-corrected chi connectivity index (χ4v) is 2.53. The van der Waals surface area contributed by atoms with Crippen LogP contribution in [-0.2, 0) is 4.79 Å². The van der Waals surface area contributed by atoms with Gasteiger partial charge in [-0.2, -0.15) is 5.10 Å². The van der Waals surface area contributed by atoms with Crippen molar-refractivity contribution in [1.29, 1.82) is 0 Å². The van der Waals surface area contributed by atoms with E-state index in [1.165, 1.54) is 5.56 Å². The third-order valence-corrected chi connectivity index (χ3v) is 4.13. The molecule has 1 aliphatic rings. The first-order valence-corrected chi connectivity index (χ1v) is 8.37. The molecule has 2 aromatic rings. The van der Waals surface area contributed by atoms with E-state index in [-0.39, 0.29) is 12.5 Å². The Morgan fingerprint density at radius 2 is 1.80 bits per heavy atom. The number of nitrogens with zero attached hydrogens (tertiary/aromatic N) is 1. The first kappa shape index (κ1) is 17.0. The molecule has 130 valence electrons. The molecule has 1 amide bonds. The smallest absolute Gasteiger partial charge is 0.284 e. The van der Waals surface area contributed by atoms with Gasteiger partial charge in [0, 0.05) is 0 Å². The summed E-state index contributed by atoms with van der Waals surface area (Å²) in [4.78, 5) is 12.3. The number of hydrogen-bond acceptors (Lipinski definition) is 4. The minimum atomic E-state index is -0.713. The number of hydrogen-bond donors (Lipinski definition) is 1. The van der Waals surface area contributed by atoms with Gasteiger partial charge in [0.25, 0.3) is 5.91 Å². The lowest BCUT2D eigenvalue weighted by atomic mass is 10.0. The highest BCUT2D eigenvalue weighted by atomic mass is 16.6. The summed E-state index contributed by atoms with van der Waals surface area (Å²) in [6.07, 6.45) is -0.713. The fraction of sp³-hybridized carbons (Fsp3) is 0.300. The van der Waals surface area contributed by atoms with Gasteiger partial charge in [0.15, 0.2) is 11.5 Å². The van der Waals surface area contributed by atoms with Crippen LogP contribution in [0.3, 0.4) is 0 Å². The van der Waals surface area contributed by atoms with Crippen molar-refractivity contribution in [3.63, 3.8) is 0 Å². The molecule has 25 heavy (non-hydrogen) atoms. The van der Waals surface area contributed by atoms with E-state index in [0.717, 1.165) is 11.3 Å². The van der Waals surface area contributed by atoms with Gasteiger partial charge < -0.3 is 9.47 Å². The summed E-state index contributed by atoms with van der Waals surface area (Å²) in [7, 11) is 0. The van der Waals surface area contributed by atoms with Crippen LogP contribution < -0.4 is 14.9 Å². The first-order valence-electron chi connectivity index (χ1n) is 8.37. The largest absolute Gasteiger partial charge is 0.485 e. The Hall–Kier alpha value is -2.82. The van der Waals surface area contributed by atoms with Crippen LogP contribution in [0.15, 0.2) is 53.6 Å². The average Bonchev–Trinajstić information content (AvgIpc) is 2.65. The number of fused-ring (bicyclic) bond motifs is 1. The Balaban J connectivity index is 1.62. The van der Waals surface area contributed by atoms with Crippen molar-refractivity contribution in [1.82, 2.24) is 5.43 Å². The SMILES string of the molecule is C/C(=N/NC(=O)[C@@H]1COc2ccccc2O1)c1ccc(C(C)C)cc1. The van der Waals surface area contributed by atoms with Gasteiger partial charge >= 0.3 is 0 Å². The molecule has 1 atom stereocenters. The number of benzene rings is 2. The second-order valence-corrected chi connectivity index (χ2v) is 6.31. The summed E-state index contributed by atoms with van der Waals surface area (Å²) in [6.45, 7) is 6.33. The molecule has 0 aromatic heterocycles. The van der Waals surface area contributed by atoms with E-state index in [1.807, 2.05) is 37.3 Å². The second kappa shape index (κ2) is 7.38. The van der Waals surface area contributed by atoms with Gasteiger partial charge in [-0.05, 0) is 36.1 Å². The molecule has 0 saturated heterocycles. The molecule has 3 rings (SSSR count). The number of carbonyl (C=O) groups excluding carboxylic acids is 1. The van der Waals surface area contributed by atoms with Crippen LogP contribution >= 0.6 is 0 Å². The van der Waals surface area contributed by atoms with Crippen molar-refractivity contribution in [2.75, 3.05) is 6.61 Å². The van der Waals surface area contributed by atoms with E-state index >= 15 is 0 Å². The van der Waals surface area contributed by atoms with Crippen molar-refractivity contribution < 1.29 is 14.3 Å². The summed E-state index contributed by atoms with van der Waals surface area (Å²) < 4.78 is 11.2. The first-order chi connectivity index (χ1) is 12.0. The maximum atomic E-state index is 12.3. The Labute approximate surface area is 147 Å². The number of rotatable bonds is 4. The quantitative estimate of drug-likeness (QED) is 0.686. The standard InChI is InChI=1S/C20H22N2O3/c1-13(2)15-8-10-16(11-9-15)14(3)21-22-20(23)19-12-24-17-6-4-5-7-18(17)25-19/h4-11,13,19H,12H2,1-3H3,(H,22,23)/b21-14-/t19-/m0/s1. The highest BCUT2D eigenvalue weighted by Crippen LogP contribution is 2.30. The van der Waals surface area contributed by atoms with Gasteiger partial charge in [-0.1, -0.05) is 50.2 Å². The maximum absolute atomic E-state index is 12.3. The predicted molar refractivity (Wildman–Crippen MR) is 97.2 cm³/mol. The number of para-hydroxylation sites is 2. The third kappa shape index (κ3) is 3.99. The zero-order valence-electron chi connectivity index (χ0n) is 14.7. The number of carbonyl (C=O) groups is 1. The van der Waals surface area contributed by atoms with Gasteiger partial charge in [-0.3, -0.25) is 4.79 Å². The van der Waals surface area contributed by atoms with E-state index in [0.29, 0.717) is 17.4 Å². The van der Waals surface area contributed by atoms with Crippen molar-refractivity contribution >= 4 is 11.6 Å². The monoisotopic (exact) mass is 338 g/mol. The zero-order chi connectivity index (χ0) is 17.8. The van der Waals surface area contributed by atoms with Gasteiger partial charge in [0.05, 0.1) is 5.71 Å². The molecular formula is C20H22N2O3. The van der Waals surface area contributed by atoms with Crippen LogP contribution in [0.5, 0.6) is 11.5 Å². The summed E-state index contributed by atoms with van der Waals surface area (Å²) in [5, 5.41) is 4.18. The molecule has 1 N–H and O–H groups in total. The molecular weight excluding hydrogens is 316 g/mol. The van der Waals surface area contributed by atoms with Crippen molar-refractivity contribution in [2.45, 2.75) is 32.8 Å². The van der Waals surface area contributed by atoms with Gasteiger partial charge in [0.1, 0.15) is 6.61 Å². The number of hydrazone groups is 1. The fourth-order valence-electron chi connectivity index (χ4n) is 2.53. The van der Waals surface area contributed by atoms with Crippen molar-refractivity contribution in [2.24, 2.45) is 5.10 Å². The molecule has 0 fully saturated rings. The van der Waals surface area contributed by atoms with E-state index in [4.69, 9.17) is 9.47 Å². The number of nitrogens with one attached hydrogen (secondary N) is 1. The lowest BCUT2D eigenvalue weighted by Crippen LogP contribution is -2.42. The van der Waals surface area contributed by atoms with Crippen LogP contribution in [-0.4, -0.2) is 24.3 Å². The normalized spacial score (nSPS) is 16.6. The molecule has 0 saturated carbocycles. The summed E-state index contributed by atoms with van der Waals surface area (Å²) in [5.41, 5.74) is 5.54. The Bertz CT molecular complexity index is 782. The van der Waals surface area contributed by atoms with Crippen molar-refractivity contribution in [3.05, 3.63) is 59.7 Å². The van der Waals surface area contributed by atoms with Gasteiger partial charge in [-0.25, -0.2) is 5.43 Å². The lowest BCUT2D eigenvalue weighted by Gasteiger charge is -2.24. The van der Waals surface area contributed by atoms with E-state index < -0.39 is 6.10 Å². The Morgan fingerprint density at radius 3 is 2.48 bits per heavy atom. The van der Waals surface area contributed by atoms with Crippen molar-refractivity contribution in [3.8, 4) is 11.5 Å². The molecule has 0 unspecified atom stereocenters. The molecule has 0 radical (unpaired) electrons. The van der Waals surface area contributed by atoms with Gasteiger partial charge in [0.2, 0.25) is 6.10 Å². The highest BCUT2D eigenvalue weighted by Gasteiger charge is 2.27. The summed E-state index contributed by atoms with van der Waals surface area (Å²) >= 11 is 0. The molecule has 0 spiro atoms. The number of ether oxygens (including phenoxy) is 2. The second-order valence-electron chi connectivity index (χ2n) is 6.31. The minimum Gasteiger partial charge on any atom is -0.485 e. The lowest BCUT2D eigenvalue weighted by molar-refractivity contribution is -0.130. The average molecular weight is 338 g/mol. The Morgan fingerprint density at radius 1 is 1.12 bits per heavy atom. The predicted octanol–water partition coefficient (Wildman–Crippen LogP) is 3.49. The molecule has 5 heteroatoms. The van der Waals surface area contributed by atoms with E-state index in [9.17, 15) is 4.79 Å². The van der Waals surface area contributed by atoms with Crippen LogP contribution in [0.4, 0.5) is 0 Å². The topological polar surface area (TPSA) is 59.9 Å². The molecule has 1 aliphatic heterocycles. The molecule has 0 aliphatic carbocycles. The molecule has 0 bridgehead atoms. The Kier molecular flexibility index (Phi) is 5.03. The zero-order valence-corrected chi connectivity index (χ0v) is 14.7. The van der Waals surface area contributed by atoms with Crippen LogP contribution in [0, 0.1) is 0 Å². The summed E-state index contributed by atoms with van der Waals surface area (Å²) in [6, 6.07) is 15.5. The van der Waals surface area contributed by atoms with E-state index in [2.05, 4.69) is 36.5 Å². The van der Waals surface area contributed by atoms with Gasteiger partial charge in [-0.15, -0.1) is 0 Å². The van der Waals surface area contributed by atoms with E-state index in [1.54, 1.807) is 6.07 Å². The summed E-state index contributed by atoms with van der Waals surface area (Å²) in [5.74, 6) is 1.38. The number of amides is 1. The third-order valence-electron chi connectivity index (χ3n) is 4.13. The molecule has 2 aromatic carbocycles. The highest BCUT2D eigenvalue weighted by molar-refractivity contribution is 5.99. The minimum absolute atomic E-state index is 0.167. The van der Waals surface area contributed by atoms with Crippen LogP contribution in [0.1, 0.15) is 37.8 Å². The maximum Gasteiger partial charge on any atom is 0.284 e. The molecule has 1 heterocycles. The molecule has 5 nitrogen and oxygen atoms in total. The van der Waals surface area contributed by atoms with Crippen LogP contribution in [0.2, 0.25) is 0 Å².